The van der Waals surface area contributed by atoms with Crippen molar-refractivity contribution in [3.8, 4) is 28.8 Å². The fourth-order valence-electron chi connectivity index (χ4n) is 3.92. The average Bonchev–Trinajstić information content (AvgIpc) is 2.88. The van der Waals surface area contributed by atoms with Gasteiger partial charge in [0.1, 0.15) is 16.5 Å². The van der Waals surface area contributed by atoms with Crippen LogP contribution in [0.4, 0.5) is 5.69 Å². The number of para-hydroxylation sites is 1. The van der Waals surface area contributed by atoms with E-state index in [1.165, 1.54) is 11.8 Å². The Kier molecular flexibility index (Phi) is 6.42. The summed E-state index contributed by atoms with van der Waals surface area (Å²) in [5.74, 6) is 2.77. The highest BCUT2D eigenvalue weighted by atomic mass is 32.2. The minimum Gasteiger partial charge on any atom is -0.497 e. The minimum atomic E-state index is -0.0841. The van der Waals surface area contributed by atoms with Gasteiger partial charge in [-0.1, -0.05) is 42.1 Å². The molecular weight excluding hydrogens is 458 g/mol. The molecule has 5 rings (SSSR count). The molecule has 3 aromatic carbocycles. The molecule has 1 amide bonds. The van der Waals surface area contributed by atoms with Crippen LogP contribution in [-0.4, -0.2) is 28.7 Å². The quantitative estimate of drug-likeness (QED) is 0.229. The first-order chi connectivity index (χ1) is 17.0. The maximum atomic E-state index is 12.8. The van der Waals surface area contributed by atoms with Gasteiger partial charge in [0.15, 0.2) is 5.82 Å². The Labute approximate surface area is 208 Å². The molecule has 0 atom stereocenters. The smallest absolute Gasteiger partial charge is 0.234 e. The zero-order valence-corrected chi connectivity index (χ0v) is 20.6. The number of ether oxygens (including phenoxy) is 2. The van der Waals surface area contributed by atoms with Gasteiger partial charge in [0.25, 0.3) is 0 Å². The Bertz CT molecular complexity index is 1400. The van der Waals surface area contributed by atoms with Crippen molar-refractivity contribution in [3.05, 3.63) is 89.0 Å². The molecule has 176 valence electrons. The Morgan fingerprint density at radius 3 is 2.63 bits per heavy atom. The highest BCUT2D eigenvalue weighted by Gasteiger charge is 2.24. The van der Waals surface area contributed by atoms with Crippen LogP contribution in [0.3, 0.4) is 0 Å². The Morgan fingerprint density at radius 2 is 1.83 bits per heavy atom. The number of anilines is 1. The van der Waals surface area contributed by atoms with Gasteiger partial charge < -0.3 is 14.8 Å². The topological polar surface area (TPSA) is 73.3 Å². The molecule has 0 spiro atoms. The summed E-state index contributed by atoms with van der Waals surface area (Å²) < 4.78 is 11.4. The monoisotopic (exact) mass is 483 g/mol. The minimum absolute atomic E-state index is 0.0841. The summed E-state index contributed by atoms with van der Waals surface area (Å²) in [6.45, 7) is 4.04. The first kappa shape index (κ1) is 22.9. The summed E-state index contributed by atoms with van der Waals surface area (Å²) in [5, 5.41) is 3.77. The standard InChI is InChI=1S/C28H25N3O3S/c1-17-7-6-9-23(18(17)2)29-25(32)16-35-28-22-15-20-8-4-5-10-24(20)34-27(22)30-26(31-28)19-11-13-21(33-3)14-12-19/h4-14H,15-16H2,1-3H3,(H,29,32). The molecule has 0 saturated carbocycles. The molecule has 7 heteroatoms. The van der Waals surface area contributed by atoms with Crippen LogP contribution in [-0.2, 0) is 11.2 Å². The molecule has 0 saturated heterocycles. The third-order valence-electron chi connectivity index (χ3n) is 6.04. The largest absolute Gasteiger partial charge is 0.497 e. The van der Waals surface area contributed by atoms with Crippen LogP contribution < -0.4 is 14.8 Å². The van der Waals surface area contributed by atoms with Crippen molar-refractivity contribution >= 4 is 23.4 Å². The van der Waals surface area contributed by atoms with Crippen LogP contribution in [0.1, 0.15) is 22.3 Å². The predicted molar refractivity (Wildman–Crippen MR) is 139 cm³/mol. The number of benzene rings is 3. The molecule has 1 N–H and O–H groups in total. The van der Waals surface area contributed by atoms with Crippen molar-refractivity contribution in [2.75, 3.05) is 18.2 Å². The highest BCUT2D eigenvalue weighted by Crippen LogP contribution is 2.40. The molecule has 0 radical (unpaired) electrons. The lowest BCUT2D eigenvalue weighted by atomic mass is 10.0. The fourth-order valence-corrected chi connectivity index (χ4v) is 4.74. The van der Waals surface area contributed by atoms with E-state index in [0.29, 0.717) is 18.1 Å². The van der Waals surface area contributed by atoms with E-state index in [0.717, 1.165) is 50.0 Å². The molecule has 1 aromatic heterocycles. The number of aryl methyl sites for hydroxylation is 1. The second-order valence-electron chi connectivity index (χ2n) is 8.34. The predicted octanol–water partition coefficient (Wildman–Crippen LogP) is 6.20. The van der Waals surface area contributed by atoms with Gasteiger partial charge in [-0.2, -0.15) is 4.98 Å². The lowest BCUT2D eigenvalue weighted by Gasteiger charge is -2.21. The van der Waals surface area contributed by atoms with Gasteiger partial charge in [0, 0.05) is 17.7 Å². The van der Waals surface area contributed by atoms with Crippen molar-refractivity contribution < 1.29 is 14.3 Å². The highest BCUT2D eigenvalue weighted by molar-refractivity contribution is 8.00. The zero-order chi connectivity index (χ0) is 24.4. The lowest BCUT2D eigenvalue weighted by Crippen LogP contribution is -2.16. The van der Waals surface area contributed by atoms with Gasteiger partial charge in [-0.25, -0.2) is 4.98 Å². The number of amides is 1. The molecule has 1 aliphatic heterocycles. The molecule has 0 bridgehead atoms. The van der Waals surface area contributed by atoms with Crippen LogP contribution in [0.25, 0.3) is 11.4 Å². The van der Waals surface area contributed by atoms with Crippen molar-refractivity contribution in [1.29, 1.82) is 0 Å². The van der Waals surface area contributed by atoms with E-state index in [2.05, 4.69) is 5.32 Å². The van der Waals surface area contributed by atoms with E-state index in [1.807, 2.05) is 80.6 Å². The maximum Gasteiger partial charge on any atom is 0.234 e. The summed E-state index contributed by atoms with van der Waals surface area (Å²) in [5.41, 5.74) is 5.85. The van der Waals surface area contributed by atoms with E-state index >= 15 is 0 Å². The molecule has 0 aliphatic carbocycles. The number of rotatable bonds is 6. The number of nitrogens with zero attached hydrogens (tertiary/aromatic N) is 2. The lowest BCUT2D eigenvalue weighted by molar-refractivity contribution is -0.113. The second kappa shape index (κ2) is 9.80. The van der Waals surface area contributed by atoms with Crippen molar-refractivity contribution in [2.24, 2.45) is 0 Å². The van der Waals surface area contributed by atoms with E-state index < -0.39 is 0 Å². The molecule has 0 unspecified atom stereocenters. The van der Waals surface area contributed by atoms with Crippen LogP contribution in [0.5, 0.6) is 17.4 Å². The van der Waals surface area contributed by atoms with Crippen LogP contribution >= 0.6 is 11.8 Å². The van der Waals surface area contributed by atoms with Gasteiger partial charge in [-0.3, -0.25) is 4.79 Å². The molecule has 4 aromatic rings. The van der Waals surface area contributed by atoms with E-state index in [9.17, 15) is 4.79 Å². The van der Waals surface area contributed by atoms with Crippen LogP contribution in [0.15, 0.2) is 71.8 Å². The average molecular weight is 484 g/mol. The van der Waals surface area contributed by atoms with E-state index in [4.69, 9.17) is 19.4 Å². The van der Waals surface area contributed by atoms with Gasteiger partial charge in [-0.05, 0) is 66.9 Å². The number of thioether (sulfide) groups is 1. The Hall–Kier alpha value is -3.84. The van der Waals surface area contributed by atoms with Gasteiger partial charge in [-0.15, -0.1) is 0 Å². The number of nitrogens with one attached hydrogen (secondary N) is 1. The number of aromatic nitrogens is 2. The third kappa shape index (κ3) is 4.86. The molecule has 6 nitrogen and oxygen atoms in total. The van der Waals surface area contributed by atoms with Gasteiger partial charge in [0.2, 0.25) is 11.8 Å². The summed E-state index contributed by atoms with van der Waals surface area (Å²) in [6.07, 6.45) is 0.648. The van der Waals surface area contributed by atoms with Gasteiger partial charge in [0.05, 0.1) is 18.4 Å². The van der Waals surface area contributed by atoms with Crippen LogP contribution in [0, 0.1) is 13.8 Å². The number of carbonyl (C=O) groups is 1. The second-order valence-corrected chi connectivity index (χ2v) is 9.30. The van der Waals surface area contributed by atoms with Crippen molar-refractivity contribution in [2.45, 2.75) is 25.3 Å². The number of fused-ring (bicyclic) bond motifs is 2. The maximum absolute atomic E-state index is 12.8. The Balaban J connectivity index is 1.44. The fraction of sp³-hybridized carbons (Fsp3) is 0.179. The Morgan fingerprint density at radius 1 is 1.03 bits per heavy atom. The summed E-state index contributed by atoms with van der Waals surface area (Å²) in [6, 6.07) is 21.4. The molecule has 0 fully saturated rings. The molecule has 2 heterocycles. The summed E-state index contributed by atoms with van der Waals surface area (Å²) >= 11 is 1.40. The number of hydrogen-bond acceptors (Lipinski definition) is 6. The first-order valence-corrected chi connectivity index (χ1v) is 12.3. The molecular formula is C28H25N3O3S. The normalized spacial score (nSPS) is 11.7. The van der Waals surface area contributed by atoms with Crippen molar-refractivity contribution in [3.63, 3.8) is 0 Å². The number of methoxy groups -OCH3 is 1. The van der Waals surface area contributed by atoms with Crippen LogP contribution in [0.2, 0.25) is 0 Å². The van der Waals surface area contributed by atoms with Gasteiger partial charge >= 0.3 is 0 Å². The van der Waals surface area contributed by atoms with E-state index in [-0.39, 0.29) is 11.7 Å². The van der Waals surface area contributed by atoms with Crippen molar-refractivity contribution in [1.82, 2.24) is 9.97 Å². The summed E-state index contributed by atoms with van der Waals surface area (Å²) in [4.78, 5) is 22.4. The van der Waals surface area contributed by atoms with E-state index in [1.54, 1.807) is 7.11 Å². The third-order valence-corrected chi connectivity index (χ3v) is 7.06. The number of carbonyl (C=O) groups excluding carboxylic acids is 1. The SMILES string of the molecule is COc1ccc(-c2nc3c(c(SCC(=O)Nc4cccc(C)c4C)n2)Cc2ccccc2O3)cc1. The molecule has 35 heavy (non-hydrogen) atoms. The summed E-state index contributed by atoms with van der Waals surface area (Å²) in [7, 11) is 1.63. The number of hydrogen-bond donors (Lipinski definition) is 1. The molecule has 1 aliphatic rings. The first-order valence-electron chi connectivity index (χ1n) is 11.3. The zero-order valence-electron chi connectivity index (χ0n) is 19.8.